The molecule has 0 radical (unpaired) electrons. The minimum Gasteiger partial charge on any atom is -0.391 e. The van der Waals surface area contributed by atoms with Crippen LogP contribution in [0.25, 0.3) is 6.08 Å². The molecule has 0 unspecified atom stereocenters. The second-order valence-electron chi connectivity index (χ2n) is 3.31. The lowest BCUT2D eigenvalue weighted by Gasteiger charge is -2.06. The average molecular weight is 225 g/mol. The number of aliphatic hydroxyl groups excluding tert-OH is 1. The molecule has 80 valence electrons. The van der Waals surface area contributed by atoms with E-state index in [2.05, 4.69) is 0 Å². The van der Waals surface area contributed by atoms with E-state index in [0.717, 1.165) is 0 Å². The average Bonchev–Trinajstić information content (AvgIpc) is 2.50. The number of aliphatic hydroxyl groups is 1. The summed E-state index contributed by atoms with van der Waals surface area (Å²) in [6.07, 6.45) is 1.49. The predicted octanol–water partition coefficient (Wildman–Crippen LogP) is 0.266. The zero-order valence-electron chi connectivity index (χ0n) is 7.97. The number of hydrogen-bond acceptors (Lipinski definition) is 4. The molecule has 0 fully saturated rings. The Morgan fingerprint density at radius 2 is 2.07 bits per heavy atom. The molecule has 0 saturated heterocycles. The van der Waals surface area contributed by atoms with Crippen molar-refractivity contribution in [2.75, 3.05) is 6.61 Å². The summed E-state index contributed by atoms with van der Waals surface area (Å²) in [4.78, 5) is 0.287. The van der Waals surface area contributed by atoms with Crippen LogP contribution in [0, 0.1) is 0 Å². The molecule has 0 atom stereocenters. The van der Waals surface area contributed by atoms with Crippen molar-refractivity contribution in [2.24, 2.45) is 5.73 Å². The Morgan fingerprint density at radius 3 is 2.67 bits per heavy atom. The van der Waals surface area contributed by atoms with Crippen LogP contribution in [0.5, 0.6) is 0 Å². The first-order valence-electron chi connectivity index (χ1n) is 4.49. The predicted molar refractivity (Wildman–Crippen MR) is 56.6 cm³/mol. The van der Waals surface area contributed by atoms with E-state index in [1.807, 2.05) is 0 Å². The van der Waals surface area contributed by atoms with Crippen LogP contribution in [0.1, 0.15) is 11.1 Å². The summed E-state index contributed by atoms with van der Waals surface area (Å²) in [5.41, 5.74) is 6.68. The quantitative estimate of drug-likeness (QED) is 0.757. The molecule has 0 aliphatic carbocycles. The van der Waals surface area contributed by atoms with Crippen molar-refractivity contribution in [3.63, 3.8) is 0 Å². The van der Waals surface area contributed by atoms with Crippen LogP contribution in [-0.4, -0.2) is 20.1 Å². The summed E-state index contributed by atoms with van der Waals surface area (Å²) in [6, 6.07) is 5.15. The highest BCUT2D eigenvalue weighted by Gasteiger charge is 2.30. The Morgan fingerprint density at radius 1 is 1.33 bits per heavy atom. The topological polar surface area (TPSA) is 80.4 Å². The lowest BCUT2D eigenvalue weighted by Crippen LogP contribution is -2.09. The third-order valence-corrected chi connectivity index (χ3v) is 4.41. The number of benzene rings is 1. The molecule has 3 N–H and O–H groups in total. The van der Waals surface area contributed by atoms with Gasteiger partial charge in [-0.25, -0.2) is 8.42 Å². The number of hydrogen-bond donors (Lipinski definition) is 2. The molecule has 1 aromatic rings. The van der Waals surface area contributed by atoms with Crippen molar-refractivity contribution >= 4 is 15.9 Å². The third-order valence-electron chi connectivity index (χ3n) is 2.43. The second kappa shape index (κ2) is 3.44. The van der Waals surface area contributed by atoms with Gasteiger partial charge in [-0.05, 0) is 17.2 Å². The van der Waals surface area contributed by atoms with Crippen LogP contribution in [0.2, 0.25) is 0 Å². The van der Waals surface area contributed by atoms with E-state index in [0.29, 0.717) is 11.1 Å². The maximum Gasteiger partial charge on any atom is 0.206 e. The van der Waals surface area contributed by atoms with Gasteiger partial charge in [0.25, 0.3) is 0 Å². The molecule has 1 heterocycles. The molecule has 1 aliphatic rings. The van der Waals surface area contributed by atoms with Gasteiger partial charge in [0, 0.05) is 6.54 Å². The first-order valence-corrected chi connectivity index (χ1v) is 5.98. The molecule has 0 saturated carbocycles. The summed E-state index contributed by atoms with van der Waals surface area (Å²) < 4.78 is 23.8. The van der Waals surface area contributed by atoms with Gasteiger partial charge in [0.05, 0.1) is 16.4 Å². The summed E-state index contributed by atoms with van der Waals surface area (Å²) in [5, 5.41) is 8.96. The maximum absolute atomic E-state index is 11.9. The minimum absolute atomic E-state index is 0.0402. The van der Waals surface area contributed by atoms with Gasteiger partial charge in [-0.15, -0.1) is 0 Å². The van der Waals surface area contributed by atoms with E-state index in [9.17, 15) is 8.42 Å². The van der Waals surface area contributed by atoms with Crippen molar-refractivity contribution in [2.45, 2.75) is 11.4 Å². The highest BCUT2D eigenvalue weighted by atomic mass is 32.2. The van der Waals surface area contributed by atoms with Crippen molar-refractivity contribution in [1.82, 2.24) is 0 Å². The smallest absolute Gasteiger partial charge is 0.206 e. The lowest BCUT2D eigenvalue weighted by atomic mass is 10.1. The van der Waals surface area contributed by atoms with E-state index in [4.69, 9.17) is 10.8 Å². The van der Waals surface area contributed by atoms with E-state index in [1.165, 1.54) is 6.08 Å². The summed E-state index contributed by atoms with van der Waals surface area (Å²) >= 11 is 0. The number of fused-ring (bicyclic) bond motifs is 1. The zero-order chi connectivity index (χ0) is 11.1. The van der Waals surface area contributed by atoms with Crippen LogP contribution in [0.3, 0.4) is 0 Å². The third kappa shape index (κ3) is 1.40. The molecule has 0 bridgehead atoms. The van der Waals surface area contributed by atoms with Gasteiger partial charge in [0.1, 0.15) is 0 Å². The second-order valence-corrected chi connectivity index (χ2v) is 5.25. The molecule has 4 nitrogen and oxygen atoms in total. The Balaban J connectivity index is 2.73. The molecule has 0 spiro atoms. The van der Waals surface area contributed by atoms with Crippen LogP contribution in [-0.2, 0) is 16.4 Å². The Labute approximate surface area is 88.0 Å². The molecule has 2 rings (SSSR count). The molecular weight excluding hydrogens is 214 g/mol. The van der Waals surface area contributed by atoms with Gasteiger partial charge < -0.3 is 10.8 Å². The van der Waals surface area contributed by atoms with Gasteiger partial charge >= 0.3 is 0 Å². The first-order chi connectivity index (χ1) is 7.11. The molecule has 5 heteroatoms. The van der Waals surface area contributed by atoms with Gasteiger partial charge in [0.2, 0.25) is 9.84 Å². The monoisotopic (exact) mass is 225 g/mol. The molecule has 15 heavy (non-hydrogen) atoms. The fraction of sp³-hybridized carbons (Fsp3) is 0.200. The van der Waals surface area contributed by atoms with Gasteiger partial charge in [-0.1, -0.05) is 18.2 Å². The highest BCUT2D eigenvalue weighted by Crippen LogP contribution is 2.34. The fourth-order valence-corrected chi connectivity index (χ4v) is 3.37. The van der Waals surface area contributed by atoms with Gasteiger partial charge in [0.15, 0.2) is 0 Å². The fourth-order valence-electron chi connectivity index (χ4n) is 1.72. The van der Waals surface area contributed by atoms with Gasteiger partial charge in [-0.2, -0.15) is 0 Å². The van der Waals surface area contributed by atoms with Crippen molar-refractivity contribution in [3.05, 3.63) is 34.2 Å². The van der Waals surface area contributed by atoms with Crippen molar-refractivity contribution in [1.29, 1.82) is 0 Å². The van der Waals surface area contributed by atoms with Gasteiger partial charge in [-0.3, -0.25) is 0 Å². The Bertz CT molecular complexity index is 532. The standard InChI is InChI=1S/C10H11NO3S/c11-5-8-3-1-2-7-4-9(6-12)15(13,14)10(7)8/h1-4,12H,5-6,11H2. The van der Waals surface area contributed by atoms with Crippen LogP contribution in [0.4, 0.5) is 0 Å². The molecular formula is C10H11NO3S. The molecule has 0 aromatic heterocycles. The van der Waals surface area contributed by atoms with E-state index in [-0.39, 0.29) is 16.3 Å². The zero-order valence-corrected chi connectivity index (χ0v) is 8.79. The maximum atomic E-state index is 11.9. The Kier molecular flexibility index (Phi) is 2.38. The van der Waals surface area contributed by atoms with Crippen LogP contribution < -0.4 is 5.73 Å². The normalized spacial score (nSPS) is 17.3. The van der Waals surface area contributed by atoms with E-state index in [1.54, 1.807) is 18.2 Å². The first kappa shape index (κ1) is 10.4. The van der Waals surface area contributed by atoms with Crippen molar-refractivity contribution in [3.8, 4) is 0 Å². The van der Waals surface area contributed by atoms with Crippen molar-refractivity contribution < 1.29 is 13.5 Å². The van der Waals surface area contributed by atoms with Crippen LogP contribution >= 0.6 is 0 Å². The molecule has 0 amide bonds. The van der Waals surface area contributed by atoms with E-state index < -0.39 is 16.4 Å². The minimum atomic E-state index is -3.51. The number of rotatable bonds is 2. The Hall–Kier alpha value is -1.17. The molecule has 1 aliphatic heterocycles. The highest BCUT2D eigenvalue weighted by molar-refractivity contribution is 7.96. The summed E-state index contributed by atoms with van der Waals surface area (Å²) in [6.45, 7) is -0.296. The SMILES string of the molecule is NCc1cccc2c1S(=O)(=O)C(CO)=C2. The summed E-state index contributed by atoms with van der Waals surface area (Å²) in [7, 11) is -3.51. The summed E-state index contributed by atoms with van der Waals surface area (Å²) in [5.74, 6) is 0. The largest absolute Gasteiger partial charge is 0.391 e. The van der Waals surface area contributed by atoms with Crippen LogP contribution in [0.15, 0.2) is 28.0 Å². The molecule has 1 aromatic carbocycles. The van der Waals surface area contributed by atoms with E-state index >= 15 is 0 Å². The number of sulfone groups is 1. The number of nitrogens with two attached hydrogens (primary N) is 1. The lowest BCUT2D eigenvalue weighted by molar-refractivity contribution is 0.339.